The van der Waals surface area contributed by atoms with E-state index in [0.29, 0.717) is 0 Å². The van der Waals surface area contributed by atoms with E-state index in [9.17, 15) is 0 Å². The summed E-state index contributed by atoms with van der Waals surface area (Å²) in [5.74, 6) is 0. The minimum atomic E-state index is -0.959. The van der Waals surface area contributed by atoms with Crippen LogP contribution in [0, 0.1) is 0 Å². The lowest BCUT2D eigenvalue weighted by molar-refractivity contribution is 0.895. The maximum atomic E-state index is 4.87. The molecule has 0 N–H and O–H groups in total. The number of hydrogen-bond donors (Lipinski definition) is 0. The van der Waals surface area contributed by atoms with Gasteiger partial charge in [0.1, 0.15) is 7.22 Å². The third-order valence-corrected chi connectivity index (χ3v) is 7.14. The molecule has 80 valence electrons. The zero-order valence-electron chi connectivity index (χ0n) is 9.55. The fraction of sp³-hybridized carbons (Fsp3) is 0.909. The lowest BCUT2D eigenvalue weighted by atomic mass is 10.3. The van der Waals surface area contributed by atoms with Crippen LogP contribution in [0.15, 0.2) is 4.99 Å². The molecule has 1 unspecified atom stereocenters. The maximum absolute atomic E-state index is 4.87. The Balaban J connectivity index is 1.96. The van der Waals surface area contributed by atoms with Gasteiger partial charge in [-0.2, -0.15) is 11.2 Å². The van der Waals surface area contributed by atoms with Crippen molar-refractivity contribution in [3.8, 4) is 0 Å². The van der Waals surface area contributed by atoms with Crippen LogP contribution >= 0.6 is 11.2 Å². The third kappa shape index (κ3) is 3.12. The van der Waals surface area contributed by atoms with E-state index >= 15 is 0 Å². The SMILES string of the molecule is C[Si](C)(C)SC1CCC/C1=N\C1CC1. The van der Waals surface area contributed by atoms with Gasteiger partial charge in [0, 0.05) is 11.0 Å². The largest absolute Gasteiger partial charge is 0.290 e. The summed E-state index contributed by atoms with van der Waals surface area (Å²) in [5, 5.41) is 0.794. The summed E-state index contributed by atoms with van der Waals surface area (Å²) in [6.45, 7) is 7.35. The van der Waals surface area contributed by atoms with Crippen LogP contribution in [0.25, 0.3) is 0 Å². The van der Waals surface area contributed by atoms with Crippen molar-refractivity contribution in [1.29, 1.82) is 0 Å². The summed E-state index contributed by atoms with van der Waals surface area (Å²) in [5.41, 5.74) is 1.56. The molecule has 0 spiro atoms. The molecule has 2 saturated carbocycles. The van der Waals surface area contributed by atoms with Crippen LogP contribution in [0.3, 0.4) is 0 Å². The molecule has 0 aliphatic heterocycles. The van der Waals surface area contributed by atoms with E-state index in [1.54, 1.807) is 5.71 Å². The van der Waals surface area contributed by atoms with E-state index in [1.807, 2.05) is 0 Å². The summed E-state index contributed by atoms with van der Waals surface area (Å²) in [7, 11) is -0.959. The van der Waals surface area contributed by atoms with Crippen LogP contribution in [-0.4, -0.2) is 24.2 Å². The molecule has 0 heterocycles. The van der Waals surface area contributed by atoms with Gasteiger partial charge in [0.15, 0.2) is 0 Å². The van der Waals surface area contributed by atoms with Crippen molar-refractivity contribution in [2.24, 2.45) is 4.99 Å². The summed E-state index contributed by atoms with van der Waals surface area (Å²) in [6.07, 6.45) is 6.77. The molecule has 3 heteroatoms. The van der Waals surface area contributed by atoms with Gasteiger partial charge < -0.3 is 0 Å². The Labute approximate surface area is 92.4 Å². The summed E-state index contributed by atoms with van der Waals surface area (Å²) < 4.78 is 0. The highest BCUT2D eigenvalue weighted by Crippen LogP contribution is 2.36. The van der Waals surface area contributed by atoms with Gasteiger partial charge in [0.25, 0.3) is 0 Å². The fourth-order valence-corrected chi connectivity index (χ4v) is 6.71. The molecule has 0 radical (unpaired) electrons. The molecule has 0 aromatic carbocycles. The molecule has 2 rings (SSSR count). The molecule has 14 heavy (non-hydrogen) atoms. The van der Waals surface area contributed by atoms with Crippen molar-refractivity contribution in [2.45, 2.75) is 63.0 Å². The normalized spacial score (nSPS) is 31.4. The average Bonchev–Trinajstić information content (AvgIpc) is 2.74. The predicted octanol–water partition coefficient (Wildman–Crippen LogP) is 3.71. The van der Waals surface area contributed by atoms with Crippen LogP contribution in [-0.2, 0) is 0 Å². The van der Waals surface area contributed by atoms with Crippen LogP contribution in [0.4, 0.5) is 0 Å². The van der Waals surface area contributed by atoms with Gasteiger partial charge >= 0.3 is 0 Å². The molecular weight excluding hydrogens is 206 g/mol. The monoisotopic (exact) mass is 227 g/mol. The Hall–Kier alpha value is 0.237. The van der Waals surface area contributed by atoms with Gasteiger partial charge in [-0.25, -0.2) is 0 Å². The second-order valence-corrected chi connectivity index (χ2v) is 14.9. The highest BCUT2D eigenvalue weighted by Gasteiger charge is 2.30. The minimum Gasteiger partial charge on any atom is -0.290 e. The van der Waals surface area contributed by atoms with Crippen molar-refractivity contribution < 1.29 is 0 Å². The van der Waals surface area contributed by atoms with Gasteiger partial charge in [0.05, 0.1) is 6.04 Å². The smallest absolute Gasteiger partial charge is 0.109 e. The molecule has 1 atom stereocenters. The van der Waals surface area contributed by atoms with Gasteiger partial charge in [0.2, 0.25) is 0 Å². The van der Waals surface area contributed by atoms with Crippen molar-refractivity contribution >= 4 is 24.1 Å². The Morgan fingerprint density at radius 2 is 1.93 bits per heavy atom. The Morgan fingerprint density at radius 1 is 1.21 bits per heavy atom. The highest BCUT2D eigenvalue weighted by atomic mass is 32.4. The summed E-state index contributed by atoms with van der Waals surface area (Å²) in [4.78, 5) is 4.87. The first kappa shape index (κ1) is 10.7. The van der Waals surface area contributed by atoms with E-state index in [1.165, 1.54) is 32.1 Å². The first-order chi connectivity index (χ1) is 6.54. The number of aliphatic imine (C=N–C) groups is 1. The molecule has 0 bridgehead atoms. The Bertz CT molecular complexity index is 240. The molecule has 0 amide bonds. The van der Waals surface area contributed by atoms with Crippen molar-refractivity contribution in [3.05, 3.63) is 0 Å². The van der Waals surface area contributed by atoms with E-state index in [2.05, 4.69) is 30.9 Å². The average molecular weight is 227 g/mol. The van der Waals surface area contributed by atoms with E-state index in [0.717, 1.165) is 11.3 Å². The van der Waals surface area contributed by atoms with Crippen LogP contribution in [0.5, 0.6) is 0 Å². The second kappa shape index (κ2) is 4.01. The van der Waals surface area contributed by atoms with Crippen LogP contribution < -0.4 is 0 Å². The zero-order valence-corrected chi connectivity index (χ0v) is 11.4. The molecule has 1 nitrogen and oxygen atoms in total. The van der Waals surface area contributed by atoms with Gasteiger partial charge in [-0.3, -0.25) is 4.99 Å². The molecule has 0 saturated heterocycles. The quantitative estimate of drug-likeness (QED) is 0.670. The molecule has 0 aromatic rings. The van der Waals surface area contributed by atoms with Gasteiger partial charge in [-0.05, 0) is 32.1 Å². The van der Waals surface area contributed by atoms with E-state index in [-0.39, 0.29) is 0 Å². The lowest BCUT2D eigenvalue weighted by Gasteiger charge is -2.21. The molecular formula is C11H21NSSi. The Morgan fingerprint density at radius 3 is 2.50 bits per heavy atom. The van der Waals surface area contributed by atoms with Crippen LogP contribution in [0.2, 0.25) is 19.6 Å². The first-order valence-electron chi connectivity index (χ1n) is 5.79. The summed E-state index contributed by atoms with van der Waals surface area (Å²) >= 11 is 2.25. The predicted molar refractivity (Wildman–Crippen MR) is 69.0 cm³/mol. The first-order valence-corrected chi connectivity index (χ1v) is 10.9. The van der Waals surface area contributed by atoms with Gasteiger partial charge in [-0.15, -0.1) is 0 Å². The van der Waals surface area contributed by atoms with Crippen LogP contribution in [0.1, 0.15) is 32.1 Å². The highest BCUT2D eigenvalue weighted by molar-refractivity contribution is 8.29. The lowest BCUT2D eigenvalue weighted by Crippen LogP contribution is -2.23. The third-order valence-electron chi connectivity index (χ3n) is 2.66. The van der Waals surface area contributed by atoms with E-state index in [4.69, 9.17) is 4.99 Å². The second-order valence-electron chi connectivity index (χ2n) is 5.46. The molecule has 2 aliphatic rings. The van der Waals surface area contributed by atoms with E-state index < -0.39 is 7.22 Å². The molecule has 2 fully saturated rings. The molecule has 0 aromatic heterocycles. The summed E-state index contributed by atoms with van der Waals surface area (Å²) in [6, 6.07) is 0.729. The minimum absolute atomic E-state index is 0.729. The fourth-order valence-electron chi connectivity index (χ4n) is 1.94. The number of rotatable bonds is 3. The Kier molecular flexibility index (Phi) is 3.08. The van der Waals surface area contributed by atoms with Gasteiger partial charge in [-0.1, -0.05) is 19.6 Å². The molecule has 2 aliphatic carbocycles. The maximum Gasteiger partial charge on any atom is 0.109 e. The van der Waals surface area contributed by atoms with Crippen molar-refractivity contribution in [1.82, 2.24) is 0 Å². The standard InChI is InChI=1S/C11H21NSSi/c1-14(2,3)13-11-6-4-5-10(11)12-9-7-8-9/h9,11H,4-8H2,1-3H3/b12-10+. The van der Waals surface area contributed by atoms with Crippen molar-refractivity contribution in [2.75, 3.05) is 0 Å². The topological polar surface area (TPSA) is 12.4 Å². The zero-order chi connectivity index (χ0) is 10.2. The van der Waals surface area contributed by atoms with Crippen molar-refractivity contribution in [3.63, 3.8) is 0 Å². The number of nitrogens with zero attached hydrogens (tertiary/aromatic N) is 1. The number of hydrogen-bond acceptors (Lipinski definition) is 2.